The number of para-hydroxylation sites is 1. The summed E-state index contributed by atoms with van der Waals surface area (Å²) >= 11 is 0. The lowest BCUT2D eigenvalue weighted by molar-refractivity contribution is 0.0675. The van der Waals surface area contributed by atoms with Crippen LogP contribution in [0.25, 0.3) is 10.9 Å². The number of pyridine rings is 1. The summed E-state index contributed by atoms with van der Waals surface area (Å²) in [5.41, 5.74) is 1.46. The molecule has 3 aromatic rings. The van der Waals surface area contributed by atoms with E-state index in [-0.39, 0.29) is 11.9 Å². The highest BCUT2D eigenvalue weighted by atomic mass is 16.2. The van der Waals surface area contributed by atoms with E-state index in [0.29, 0.717) is 12.1 Å². The van der Waals surface area contributed by atoms with Gasteiger partial charge in [-0.1, -0.05) is 18.2 Å². The topological polar surface area (TPSA) is 51.0 Å². The maximum Gasteiger partial charge on any atom is 0.256 e. The zero-order valence-corrected chi connectivity index (χ0v) is 12.8. The Kier molecular flexibility index (Phi) is 3.54. The lowest BCUT2D eigenvalue weighted by atomic mass is 10.0. The van der Waals surface area contributed by atoms with Gasteiger partial charge in [0.2, 0.25) is 0 Å². The molecule has 23 heavy (non-hydrogen) atoms. The Morgan fingerprint density at radius 1 is 1.13 bits per heavy atom. The zero-order valence-electron chi connectivity index (χ0n) is 12.8. The molecule has 1 atom stereocenters. The molecule has 0 bridgehead atoms. The molecule has 0 saturated carbocycles. The number of hydrogen-bond donors (Lipinski definition) is 0. The number of aromatic nitrogens is 3. The number of carbonyl (C=O) groups excluding carboxylic acids is 1. The monoisotopic (exact) mass is 306 g/mol. The zero-order chi connectivity index (χ0) is 15.6. The summed E-state index contributed by atoms with van der Waals surface area (Å²) in [5.74, 6) is 0.0613. The SMILES string of the molecule is O=C(c1cccc2cccnc12)N1CCC[C@H](n2cccn2)C1. The fourth-order valence-electron chi connectivity index (χ4n) is 3.30. The maximum absolute atomic E-state index is 13.0. The van der Waals surface area contributed by atoms with Gasteiger partial charge in [0.1, 0.15) is 0 Å². The number of piperidine rings is 1. The van der Waals surface area contributed by atoms with Gasteiger partial charge < -0.3 is 4.90 Å². The molecule has 1 saturated heterocycles. The van der Waals surface area contributed by atoms with Crippen LogP contribution in [0.5, 0.6) is 0 Å². The number of rotatable bonds is 2. The number of benzene rings is 1. The van der Waals surface area contributed by atoms with Crippen molar-refractivity contribution in [1.29, 1.82) is 0 Å². The van der Waals surface area contributed by atoms with E-state index in [4.69, 9.17) is 0 Å². The quantitative estimate of drug-likeness (QED) is 0.731. The van der Waals surface area contributed by atoms with E-state index in [2.05, 4.69) is 10.1 Å². The Labute approximate surface area is 134 Å². The van der Waals surface area contributed by atoms with Gasteiger partial charge in [-0.25, -0.2) is 0 Å². The Morgan fingerprint density at radius 3 is 2.91 bits per heavy atom. The fourth-order valence-corrected chi connectivity index (χ4v) is 3.30. The molecule has 4 rings (SSSR count). The van der Waals surface area contributed by atoms with Crippen LogP contribution >= 0.6 is 0 Å². The van der Waals surface area contributed by atoms with E-state index in [1.54, 1.807) is 12.4 Å². The highest BCUT2D eigenvalue weighted by Gasteiger charge is 2.26. The molecule has 5 nitrogen and oxygen atoms in total. The fraction of sp³-hybridized carbons (Fsp3) is 0.278. The van der Waals surface area contributed by atoms with Gasteiger partial charge >= 0.3 is 0 Å². The lowest BCUT2D eigenvalue weighted by Gasteiger charge is -2.33. The van der Waals surface area contributed by atoms with Gasteiger partial charge in [0.25, 0.3) is 5.91 Å². The average molecular weight is 306 g/mol. The van der Waals surface area contributed by atoms with Crippen LogP contribution in [-0.4, -0.2) is 38.7 Å². The van der Waals surface area contributed by atoms with Crippen LogP contribution in [-0.2, 0) is 0 Å². The van der Waals surface area contributed by atoms with Crippen molar-refractivity contribution in [1.82, 2.24) is 19.7 Å². The summed E-state index contributed by atoms with van der Waals surface area (Å²) in [6.45, 7) is 1.49. The minimum atomic E-state index is 0.0613. The third kappa shape index (κ3) is 2.59. The first kappa shape index (κ1) is 13.9. The van der Waals surface area contributed by atoms with Gasteiger partial charge in [0.05, 0.1) is 17.1 Å². The molecule has 0 radical (unpaired) electrons. The van der Waals surface area contributed by atoms with E-state index in [0.717, 1.165) is 30.3 Å². The summed E-state index contributed by atoms with van der Waals surface area (Å²) in [6, 6.07) is 11.8. The van der Waals surface area contributed by atoms with Gasteiger partial charge in [-0.2, -0.15) is 5.10 Å². The van der Waals surface area contributed by atoms with E-state index in [9.17, 15) is 4.79 Å². The molecule has 0 aliphatic carbocycles. The van der Waals surface area contributed by atoms with Crippen molar-refractivity contribution >= 4 is 16.8 Å². The predicted molar refractivity (Wildman–Crippen MR) is 88.1 cm³/mol. The highest BCUT2D eigenvalue weighted by Crippen LogP contribution is 2.24. The Hall–Kier alpha value is -2.69. The number of carbonyl (C=O) groups is 1. The summed E-state index contributed by atoms with van der Waals surface area (Å²) in [4.78, 5) is 19.3. The molecule has 1 fully saturated rings. The molecule has 1 aliphatic rings. The second kappa shape index (κ2) is 5.83. The molecule has 5 heteroatoms. The largest absolute Gasteiger partial charge is 0.336 e. The van der Waals surface area contributed by atoms with Crippen LogP contribution < -0.4 is 0 Å². The van der Waals surface area contributed by atoms with Crippen LogP contribution in [0, 0.1) is 0 Å². The van der Waals surface area contributed by atoms with Gasteiger partial charge in [0.15, 0.2) is 0 Å². The molecule has 0 N–H and O–H groups in total. The molecule has 2 aromatic heterocycles. The minimum Gasteiger partial charge on any atom is -0.336 e. The van der Waals surface area contributed by atoms with Crippen molar-refractivity contribution < 1.29 is 4.79 Å². The molecule has 1 aliphatic heterocycles. The van der Waals surface area contributed by atoms with Crippen LogP contribution in [0.3, 0.4) is 0 Å². The number of amides is 1. The smallest absolute Gasteiger partial charge is 0.256 e. The Balaban J connectivity index is 1.63. The molecular weight excluding hydrogens is 288 g/mol. The second-order valence-corrected chi connectivity index (χ2v) is 5.91. The Bertz CT molecular complexity index is 823. The van der Waals surface area contributed by atoms with Crippen molar-refractivity contribution in [3.8, 4) is 0 Å². The van der Waals surface area contributed by atoms with Crippen molar-refractivity contribution in [2.75, 3.05) is 13.1 Å². The Morgan fingerprint density at radius 2 is 2.04 bits per heavy atom. The number of nitrogens with zero attached hydrogens (tertiary/aromatic N) is 4. The average Bonchev–Trinajstić information content (AvgIpc) is 3.15. The first-order valence-corrected chi connectivity index (χ1v) is 7.95. The third-order valence-electron chi connectivity index (χ3n) is 4.45. The van der Waals surface area contributed by atoms with Crippen LogP contribution in [0.2, 0.25) is 0 Å². The molecule has 1 amide bonds. The number of fused-ring (bicyclic) bond motifs is 1. The molecule has 116 valence electrons. The normalized spacial score (nSPS) is 18.3. The van der Waals surface area contributed by atoms with Gasteiger partial charge in [0, 0.05) is 37.1 Å². The number of hydrogen-bond acceptors (Lipinski definition) is 3. The van der Waals surface area contributed by atoms with Crippen molar-refractivity contribution in [3.63, 3.8) is 0 Å². The third-order valence-corrected chi connectivity index (χ3v) is 4.45. The molecule has 3 heterocycles. The van der Waals surface area contributed by atoms with E-state index >= 15 is 0 Å². The molecule has 0 spiro atoms. The van der Waals surface area contributed by atoms with Crippen molar-refractivity contribution in [2.24, 2.45) is 0 Å². The predicted octanol–water partition coefficient (Wildman–Crippen LogP) is 2.91. The summed E-state index contributed by atoms with van der Waals surface area (Å²) in [6.07, 6.45) is 7.54. The van der Waals surface area contributed by atoms with Crippen molar-refractivity contribution in [3.05, 3.63) is 60.6 Å². The molecule has 0 unspecified atom stereocenters. The number of likely N-dealkylation sites (tertiary alicyclic amines) is 1. The van der Waals surface area contributed by atoms with Crippen LogP contribution in [0.1, 0.15) is 29.2 Å². The van der Waals surface area contributed by atoms with Crippen LogP contribution in [0.15, 0.2) is 55.0 Å². The van der Waals surface area contributed by atoms with Gasteiger partial charge in [-0.05, 0) is 31.0 Å². The van der Waals surface area contributed by atoms with E-state index in [1.807, 2.05) is 52.2 Å². The van der Waals surface area contributed by atoms with E-state index in [1.165, 1.54) is 0 Å². The summed E-state index contributed by atoms with van der Waals surface area (Å²) in [5, 5.41) is 5.32. The first-order valence-electron chi connectivity index (χ1n) is 7.95. The lowest BCUT2D eigenvalue weighted by Crippen LogP contribution is -2.41. The maximum atomic E-state index is 13.0. The first-order chi connectivity index (χ1) is 11.3. The molecule has 1 aromatic carbocycles. The van der Waals surface area contributed by atoms with Crippen molar-refractivity contribution in [2.45, 2.75) is 18.9 Å². The molecular formula is C18H18N4O. The summed E-state index contributed by atoms with van der Waals surface area (Å²) in [7, 11) is 0. The van der Waals surface area contributed by atoms with Crippen LogP contribution in [0.4, 0.5) is 0 Å². The second-order valence-electron chi connectivity index (χ2n) is 5.91. The van der Waals surface area contributed by atoms with Gasteiger partial charge in [-0.3, -0.25) is 14.5 Å². The summed E-state index contributed by atoms with van der Waals surface area (Å²) < 4.78 is 1.96. The minimum absolute atomic E-state index is 0.0613. The van der Waals surface area contributed by atoms with E-state index < -0.39 is 0 Å². The standard InChI is InChI=1S/C18H18N4O/c23-18(16-8-1-5-14-6-2-9-19-17(14)16)21-11-3-7-15(13-21)22-12-4-10-20-22/h1-2,4-6,8-10,12,15H,3,7,11,13H2/t15-/m0/s1. The van der Waals surface area contributed by atoms with Gasteiger partial charge in [-0.15, -0.1) is 0 Å². The highest BCUT2D eigenvalue weighted by molar-refractivity contribution is 6.05.